The largest absolute Gasteiger partial charge is 0.310 e. The Morgan fingerprint density at radius 1 is 1.35 bits per heavy atom. The Balaban J connectivity index is 2.85. The van der Waals surface area contributed by atoms with Gasteiger partial charge in [0.1, 0.15) is 0 Å². The van der Waals surface area contributed by atoms with Gasteiger partial charge in [-0.25, -0.2) is 0 Å². The highest BCUT2D eigenvalue weighted by molar-refractivity contribution is 7.20. The van der Waals surface area contributed by atoms with Crippen LogP contribution >= 0.6 is 34.5 Å². The van der Waals surface area contributed by atoms with Crippen molar-refractivity contribution in [1.29, 1.82) is 0 Å². The van der Waals surface area contributed by atoms with Gasteiger partial charge in [-0.15, -0.1) is 11.3 Å². The fraction of sp³-hybridized carbons (Fsp3) is 0.692. The predicted octanol–water partition coefficient (Wildman–Crippen LogP) is 5.53. The Morgan fingerprint density at radius 3 is 2.41 bits per heavy atom. The van der Waals surface area contributed by atoms with Crippen molar-refractivity contribution in [3.63, 3.8) is 0 Å². The molecule has 1 aromatic heterocycles. The molecule has 0 saturated heterocycles. The van der Waals surface area contributed by atoms with Crippen LogP contribution in [0.3, 0.4) is 0 Å². The summed E-state index contributed by atoms with van der Waals surface area (Å²) in [4.78, 5) is 0. The summed E-state index contributed by atoms with van der Waals surface area (Å²) in [7, 11) is 0. The molecule has 0 bridgehead atoms. The maximum absolute atomic E-state index is 6.24. The Hall–Kier alpha value is 0.240. The summed E-state index contributed by atoms with van der Waals surface area (Å²) in [5.74, 6) is 0. The van der Waals surface area contributed by atoms with Crippen LogP contribution in [0.25, 0.3) is 0 Å². The van der Waals surface area contributed by atoms with Gasteiger partial charge in [0.15, 0.2) is 0 Å². The second-order valence-electron chi connectivity index (χ2n) is 5.55. The number of rotatable bonds is 5. The van der Waals surface area contributed by atoms with Gasteiger partial charge in [-0.3, -0.25) is 0 Å². The molecule has 0 aromatic carbocycles. The lowest BCUT2D eigenvalue weighted by molar-refractivity contribution is 0.312. The SMILES string of the molecule is CCCNC(CC(C)(C)C)c1cc(Cl)sc1Cl. The molecule has 0 saturated carbocycles. The lowest BCUT2D eigenvalue weighted by Crippen LogP contribution is -2.26. The van der Waals surface area contributed by atoms with Crippen LogP contribution in [-0.4, -0.2) is 6.54 Å². The fourth-order valence-corrected chi connectivity index (χ4v) is 3.39. The van der Waals surface area contributed by atoms with Gasteiger partial charge < -0.3 is 5.32 Å². The Morgan fingerprint density at radius 2 is 2.00 bits per heavy atom. The molecule has 0 aliphatic rings. The van der Waals surface area contributed by atoms with Gasteiger partial charge in [0.2, 0.25) is 0 Å². The van der Waals surface area contributed by atoms with E-state index in [-0.39, 0.29) is 5.41 Å². The molecular formula is C13H21Cl2NS. The zero-order chi connectivity index (χ0) is 13.1. The number of hydrogen-bond donors (Lipinski definition) is 1. The summed E-state index contributed by atoms with van der Waals surface area (Å²) >= 11 is 13.7. The molecule has 1 nitrogen and oxygen atoms in total. The van der Waals surface area contributed by atoms with Crippen LogP contribution in [0, 0.1) is 5.41 Å². The molecule has 0 aliphatic carbocycles. The van der Waals surface area contributed by atoms with Crippen LogP contribution in [0.2, 0.25) is 8.67 Å². The second kappa shape index (κ2) is 6.42. The number of halogens is 2. The molecule has 1 N–H and O–H groups in total. The van der Waals surface area contributed by atoms with Gasteiger partial charge in [-0.2, -0.15) is 0 Å². The standard InChI is InChI=1S/C13H21Cl2NS/c1-5-6-16-10(8-13(2,3)4)9-7-11(14)17-12(9)15/h7,10,16H,5-6,8H2,1-4H3. The van der Waals surface area contributed by atoms with Crippen LogP contribution in [-0.2, 0) is 0 Å². The summed E-state index contributed by atoms with van der Waals surface area (Å²) in [5, 5.41) is 3.56. The van der Waals surface area contributed by atoms with Crippen molar-refractivity contribution in [3.8, 4) is 0 Å². The van der Waals surface area contributed by atoms with E-state index in [1.807, 2.05) is 6.07 Å². The third-order valence-corrected chi connectivity index (χ3v) is 4.03. The number of nitrogens with one attached hydrogen (secondary N) is 1. The number of thiophene rings is 1. The fourth-order valence-electron chi connectivity index (χ4n) is 1.81. The first kappa shape index (κ1) is 15.3. The molecule has 0 spiro atoms. The Kier molecular flexibility index (Phi) is 5.78. The zero-order valence-electron chi connectivity index (χ0n) is 10.9. The van der Waals surface area contributed by atoms with E-state index in [0.29, 0.717) is 6.04 Å². The maximum atomic E-state index is 6.24. The normalized spacial score (nSPS) is 14.0. The molecule has 0 amide bonds. The lowest BCUT2D eigenvalue weighted by atomic mass is 9.86. The first-order valence-corrected chi connectivity index (χ1v) is 7.59. The summed E-state index contributed by atoms with van der Waals surface area (Å²) in [6.07, 6.45) is 2.18. The van der Waals surface area contributed by atoms with Crippen molar-refractivity contribution in [2.24, 2.45) is 5.41 Å². The van der Waals surface area contributed by atoms with Gasteiger partial charge >= 0.3 is 0 Å². The van der Waals surface area contributed by atoms with E-state index in [4.69, 9.17) is 23.2 Å². The first-order chi connectivity index (χ1) is 7.83. The van der Waals surface area contributed by atoms with E-state index in [2.05, 4.69) is 33.0 Å². The molecule has 1 aromatic rings. The van der Waals surface area contributed by atoms with E-state index in [1.54, 1.807) is 0 Å². The van der Waals surface area contributed by atoms with Crippen LogP contribution in [0.5, 0.6) is 0 Å². The summed E-state index contributed by atoms with van der Waals surface area (Å²) in [6.45, 7) is 9.91. The van der Waals surface area contributed by atoms with Crippen molar-refractivity contribution >= 4 is 34.5 Å². The minimum absolute atomic E-state index is 0.267. The molecule has 1 rings (SSSR count). The van der Waals surface area contributed by atoms with E-state index >= 15 is 0 Å². The van der Waals surface area contributed by atoms with Crippen LogP contribution in [0.4, 0.5) is 0 Å². The molecule has 98 valence electrons. The quantitative estimate of drug-likeness (QED) is 0.752. The highest BCUT2D eigenvalue weighted by Gasteiger charge is 2.23. The van der Waals surface area contributed by atoms with E-state index < -0.39 is 0 Å². The smallest absolute Gasteiger partial charge is 0.0991 e. The maximum Gasteiger partial charge on any atom is 0.0991 e. The van der Waals surface area contributed by atoms with Crippen LogP contribution in [0.15, 0.2) is 6.07 Å². The van der Waals surface area contributed by atoms with E-state index in [1.165, 1.54) is 11.3 Å². The second-order valence-corrected chi connectivity index (χ2v) is 7.84. The molecule has 1 atom stereocenters. The van der Waals surface area contributed by atoms with Crippen molar-refractivity contribution in [2.75, 3.05) is 6.54 Å². The monoisotopic (exact) mass is 293 g/mol. The first-order valence-electron chi connectivity index (χ1n) is 6.01. The number of hydrogen-bond acceptors (Lipinski definition) is 2. The topological polar surface area (TPSA) is 12.0 Å². The van der Waals surface area contributed by atoms with Crippen molar-refractivity contribution in [3.05, 3.63) is 20.3 Å². The van der Waals surface area contributed by atoms with Gasteiger partial charge in [0.25, 0.3) is 0 Å². The molecule has 1 heterocycles. The van der Waals surface area contributed by atoms with Gasteiger partial charge in [0.05, 0.1) is 8.67 Å². The van der Waals surface area contributed by atoms with E-state index in [0.717, 1.165) is 33.6 Å². The summed E-state index contributed by atoms with van der Waals surface area (Å²) in [6, 6.07) is 2.29. The predicted molar refractivity (Wildman–Crippen MR) is 79.4 cm³/mol. The van der Waals surface area contributed by atoms with Gasteiger partial charge in [0, 0.05) is 11.6 Å². The summed E-state index contributed by atoms with van der Waals surface area (Å²) < 4.78 is 1.58. The molecule has 0 radical (unpaired) electrons. The molecule has 0 fully saturated rings. The zero-order valence-corrected chi connectivity index (χ0v) is 13.3. The minimum Gasteiger partial charge on any atom is -0.310 e. The van der Waals surface area contributed by atoms with Crippen LogP contribution in [0.1, 0.15) is 52.1 Å². The van der Waals surface area contributed by atoms with Crippen LogP contribution < -0.4 is 5.32 Å². The molecular weight excluding hydrogens is 273 g/mol. The molecule has 0 aliphatic heterocycles. The van der Waals surface area contributed by atoms with Crippen molar-refractivity contribution < 1.29 is 0 Å². The third-order valence-electron chi connectivity index (χ3n) is 2.52. The highest BCUT2D eigenvalue weighted by Crippen LogP contribution is 2.39. The summed E-state index contributed by atoms with van der Waals surface area (Å²) in [5.41, 5.74) is 1.41. The lowest BCUT2D eigenvalue weighted by Gasteiger charge is -2.26. The van der Waals surface area contributed by atoms with Crippen molar-refractivity contribution in [2.45, 2.75) is 46.6 Å². The average molecular weight is 294 g/mol. The molecule has 4 heteroatoms. The minimum atomic E-state index is 0.267. The average Bonchev–Trinajstić information content (AvgIpc) is 2.50. The highest BCUT2D eigenvalue weighted by atomic mass is 35.5. The van der Waals surface area contributed by atoms with E-state index in [9.17, 15) is 0 Å². The molecule has 17 heavy (non-hydrogen) atoms. The van der Waals surface area contributed by atoms with Crippen molar-refractivity contribution in [1.82, 2.24) is 5.32 Å². The third kappa shape index (κ3) is 5.17. The van der Waals surface area contributed by atoms with Gasteiger partial charge in [-0.05, 0) is 30.9 Å². The molecule has 1 unspecified atom stereocenters. The van der Waals surface area contributed by atoms with Gasteiger partial charge in [-0.1, -0.05) is 50.9 Å². The Labute approximate surface area is 119 Å². The Bertz CT molecular complexity index is 355.